The molecule has 2 N–H and O–H groups in total. The maximum atomic E-state index is 12.0. The summed E-state index contributed by atoms with van der Waals surface area (Å²) in [5, 5.41) is 0. The molecule has 90 valence electrons. The lowest BCUT2D eigenvalue weighted by Crippen LogP contribution is -2.00. The number of nitrogens with two attached hydrogens (primary N) is 1. The van der Waals surface area contributed by atoms with E-state index in [2.05, 4.69) is 22.9 Å². The Hall–Kier alpha value is -0.350. The highest BCUT2D eigenvalue weighted by Crippen LogP contribution is 2.23. The van der Waals surface area contributed by atoms with Crippen LogP contribution in [0.3, 0.4) is 0 Å². The molecule has 1 unspecified atom stereocenters. The summed E-state index contributed by atoms with van der Waals surface area (Å²) in [6.45, 7) is 2.17. The van der Waals surface area contributed by atoms with E-state index in [1.54, 1.807) is 12.1 Å². The first-order valence-electron chi connectivity index (χ1n) is 5.58. The van der Waals surface area contributed by atoms with Gasteiger partial charge in [0.05, 0.1) is 15.7 Å². The van der Waals surface area contributed by atoms with Gasteiger partial charge in [0.15, 0.2) is 0 Å². The van der Waals surface area contributed by atoms with Gasteiger partial charge in [0.2, 0.25) is 0 Å². The molecule has 1 rings (SSSR count). The van der Waals surface area contributed by atoms with E-state index in [1.807, 2.05) is 6.07 Å². The van der Waals surface area contributed by atoms with Crippen molar-refractivity contribution in [1.82, 2.24) is 0 Å². The smallest absolute Gasteiger partial charge is 0.0541 e. The second kappa shape index (κ2) is 7.07. The zero-order valence-corrected chi connectivity index (χ0v) is 11.9. The summed E-state index contributed by atoms with van der Waals surface area (Å²) in [7, 11) is -0.909. The Morgan fingerprint density at radius 3 is 2.69 bits per heavy atom. The standard InChI is InChI=1S/C12H18BrNOS/c1-2-3-4-5-8-16(15)12-7-6-10(14)9-11(12)13/h6-7,9H,2-5,8,14H2,1H3. The number of halogens is 1. The Labute approximate surface area is 108 Å². The summed E-state index contributed by atoms with van der Waals surface area (Å²) < 4.78 is 12.8. The van der Waals surface area contributed by atoms with Crippen molar-refractivity contribution in [2.24, 2.45) is 0 Å². The average Bonchev–Trinajstić information content (AvgIpc) is 2.24. The molecule has 16 heavy (non-hydrogen) atoms. The Morgan fingerprint density at radius 1 is 1.31 bits per heavy atom. The molecule has 4 heteroatoms. The van der Waals surface area contributed by atoms with E-state index in [1.165, 1.54) is 12.8 Å². The van der Waals surface area contributed by atoms with Crippen LogP contribution in [0.1, 0.15) is 32.6 Å². The van der Waals surface area contributed by atoms with Gasteiger partial charge in [-0.05, 0) is 40.5 Å². The molecule has 0 aliphatic rings. The van der Waals surface area contributed by atoms with Crippen molar-refractivity contribution in [2.75, 3.05) is 11.5 Å². The van der Waals surface area contributed by atoms with Gasteiger partial charge in [-0.3, -0.25) is 4.21 Å². The number of hydrogen-bond donors (Lipinski definition) is 1. The van der Waals surface area contributed by atoms with Crippen LogP contribution in [-0.4, -0.2) is 9.96 Å². The third kappa shape index (κ3) is 4.26. The summed E-state index contributed by atoms with van der Waals surface area (Å²) in [6.07, 6.45) is 4.62. The van der Waals surface area contributed by atoms with Gasteiger partial charge in [-0.15, -0.1) is 0 Å². The fourth-order valence-corrected chi connectivity index (χ4v) is 3.59. The molecule has 0 radical (unpaired) electrons. The van der Waals surface area contributed by atoms with Crippen LogP contribution in [0.2, 0.25) is 0 Å². The SMILES string of the molecule is CCCCCCS(=O)c1ccc(N)cc1Br. The minimum Gasteiger partial charge on any atom is -0.399 e. The largest absolute Gasteiger partial charge is 0.399 e. The van der Waals surface area contributed by atoms with E-state index in [0.717, 1.165) is 28.0 Å². The van der Waals surface area contributed by atoms with Gasteiger partial charge in [0, 0.05) is 15.9 Å². The van der Waals surface area contributed by atoms with Crippen molar-refractivity contribution in [3.63, 3.8) is 0 Å². The second-order valence-electron chi connectivity index (χ2n) is 3.80. The van der Waals surface area contributed by atoms with Gasteiger partial charge in [0.25, 0.3) is 0 Å². The summed E-state index contributed by atoms with van der Waals surface area (Å²) in [6, 6.07) is 5.44. The first-order valence-corrected chi connectivity index (χ1v) is 7.69. The first kappa shape index (κ1) is 13.7. The van der Waals surface area contributed by atoms with Crippen LogP contribution in [0, 0.1) is 0 Å². The quantitative estimate of drug-likeness (QED) is 0.643. The number of hydrogen-bond acceptors (Lipinski definition) is 2. The zero-order chi connectivity index (χ0) is 12.0. The third-order valence-electron chi connectivity index (χ3n) is 2.38. The Morgan fingerprint density at radius 2 is 2.06 bits per heavy atom. The van der Waals surface area contributed by atoms with Crippen LogP contribution in [0.15, 0.2) is 27.6 Å². The third-order valence-corrected chi connectivity index (χ3v) is 4.81. The minimum atomic E-state index is -0.909. The van der Waals surface area contributed by atoms with Gasteiger partial charge in [-0.1, -0.05) is 26.2 Å². The van der Waals surface area contributed by atoms with Gasteiger partial charge in [0.1, 0.15) is 0 Å². The molecule has 0 fully saturated rings. The van der Waals surface area contributed by atoms with Crippen molar-refractivity contribution in [3.05, 3.63) is 22.7 Å². The lowest BCUT2D eigenvalue weighted by molar-refractivity contribution is 0.668. The highest BCUT2D eigenvalue weighted by Gasteiger charge is 2.07. The molecule has 0 saturated heterocycles. The summed E-state index contributed by atoms with van der Waals surface area (Å²) in [4.78, 5) is 0.852. The molecule has 0 aliphatic carbocycles. The van der Waals surface area contributed by atoms with Gasteiger partial charge in [-0.25, -0.2) is 0 Å². The number of benzene rings is 1. The molecular formula is C12H18BrNOS. The number of unbranched alkanes of at least 4 members (excludes halogenated alkanes) is 3. The first-order chi connectivity index (χ1) is 7.65. The fraction of sp³-hybridized carbons (Fsp3) is 0.500. The maximum Gasteiger partial charge on any atom is 0.0541 e. The van der Waals surface area contributed by atoms with E-state index in [9.17, 15) is 4.21 Å². The van der Waals surface area contributed by atoms with Crippen molar-refractivity contribution < 1.29 is 4.21 Å². The molecule has 0 bridgehead atoms. The van der Waals surface area contributed by atoms with E-state index in [-0.39, 0.29) is 0 Å². The molecule has 2 nitrogen and oxygen atoms in total. The summed E-state index contributed by atoms with van der Waals surface area (Å²) >= 11 is 3.40. The topological polar surface area (TPSA) is 43.1 Å². The number of nitrogen functional groups attached to an aromatic ring is 1. The monoisotopic (exact) mass is 303 g/mol. The molecule has 0 aromatic heterocycles. The van der Waals surface area contributed by atoms with E-state index >= 15 is 0 Å². The van der Waals surface area contributed by atoms with E-state index in [0.29, 0.717) is 5.69 Å². The Kier molecular flexibility index (Phi) is 6.06. The zero-order valence-electron chi connectivity index (χ0n) is 9.54. The van der Waals surface area contributed by atoms with E-state index in [4.69, 9.17) is 5.73 Å². The van der Waals surface area contributed by atoms with Gasteiger partial charge >= 0.3 is 0 Å². The van der Waals surface area contributed by atoms with Crippen molar-refractivity contribution >= 4 is 32.4 Å². The molecule has 1 aromatic carbocycles. The average molecular weight is 304 g/mol. The minimum absolute atomic E-state index is 0.693. The highest BCUT2D eigenvalue weighted by molar-refractivity contribution is 9.10. The maximum absolute atomic E-state index is 12.0. The summed E-state index contributed by atoms with van der Waals surface area (Å²) in [5.74, 6) is 0.739. The van der Waals surface area contributed by atoms with Crippen molar-refractivity contribution in [1.29, 1.82) is 0 Å². The molecule has 0 heterocycles. The van der Waals surface area contributed by atoms with Crippen LogP contribution >= 0.6 is 15.9 Å². The Balaban J connectivity index is 2.53. The number of rotatable bonds is 6. The van der Waals surface area contributed by atoms with Gasteiger partial charge < -0.3 is 5.73 Å². The van der Waals surface area contributed by atoms with Crippen LogP contribution < -0.4 is 5.73 Å². The lowest BCUT2D eigenvalue weighted by Gasteiger charge is -2.05. The second-order valence-corrected chi connectivity index (χ2v) is 6.19. The molecule has 0 saturated carbocycles. The van der Waals surface area contributed by atoms with Gasteiger partial charge in [-0.2, -0.15) is 0 Å². The highest BCUT2D eigenvalue weighted by atomic mass is 79.9. The molecule has 1 aromatic rings. The van der Waals surface area contributed by atoms with Crippen LogP contribution in [0.4, 0.5) is 5.69 Å². The van der Waals surface area contributed by atoms with Crippen LogP contribution in [0.5, 0.6) is 0 Å². The Bertz CT molecular complexity index is 368. The molecule has 0 amide bonds. The van der Waals surface area contributed by atoms with Crippen LogP contribution in [0.25, 0.3) is 0 Å². The van der Waals surface area contributed by atoms with E-state index < -0.39 is 10.8 Å². The van der Waals surface area contributed by atoms with Crippen molar-refractivity contribution in [2.45, 2.75) is 37.5 Å². The van der Waals surface area contributed by atoms with Crippen LogP contribution in [-0.2, 0) is 10.8 Å². The fourth-order valence-electron chi connectivity index (χ4n) is 1.47. The predicted molar refractivity (Wildman–Crippen MR) is 74.0 cm³/mol. The molecular weight excluding hydrogens is 286 g/mol. The predicted octanol–water partition coefficient (Wildman–Crippen LogP) is 3.72. The lowest BCUT2D eigenvalue weighted by atomic mass is 10.2. The number of anilines is 1. The summed E-state index contributed by atoms with van der Waals surface area (Å²) in [5.41, 5.74) is 6.33. The normalized spacial score (nSPS) is 12.6. The van der Waals surface area contributed by atoms with Crippen molar-refractivity contribution in [3.8, 4) is 0 Å². The molecule has 0 aliphatic heterocycles. The molecule has 1 atom stereocenters. The molecule has 0 spiro atoms.